The van der Waals surface area contributed by atoms with Crippen LogP contribution < -0.4 is 20.9 Å². The average Bonchev–Trinajstić information content (AvgIpc) is 3.45. The molecule has 1 saturated carbocycles. The van der Waals surface area contributed by atoms with Gasteiger partial charge < -0.3 is 20.9 Å². The molecule has 3 amide bonds. The van der Waals surface area contributed by atoms with E-state index in [4.69, 9.17) is 0 Å². The van der Waals surface area contributed by atoms with E-state index in [2.05, 4.69) is 20.9 Å². The van der Waals surface area contributed by atoms with Crippen molar-refractivity contribution in [1.82, 2.24) is 10.6 Å². The summed E-state index contributed by atoms with van der Waals surface area (Å²) in [6, 6.07) is 7.52. The summed E-state index contributed by atoms with van der Waals surface area (Å²) < 4.78 is 0. The highest BCUT2D eigenvalue weighted by atomic mass is 16.2. The first-order valence-electron chi connectivity index (χ1n) is 9.38. The van der Waals surface area contributed by atoms with Crippen LogP contribution in [0.5, 0.6) is 0 Å². The lowest BCUT2D eigenvalue weighted by Gasteiger charge is -2.25. The highest BCUT2D eigenvalue weighted by Crippen LogP contribution is 2.28. The van der Waals surface area contributed by atoms with E-state index in [1.165, 1.54) is 38.5 Å². The third-order valence-electron chi connectivity index (χ3n) is 4.79. The van der Waals surface area contributed by atoms with Gasteiger partial charge >= 0.3 is 6.03 Å². The number of rotatable bonds is 6. The molecule has 0 atom stereocenters. The number of urea groups is 1. The summed E-state index contributed by atoms with van der Waals surface area (Å²) in [5.41, 5.74) is 1.85. The number of nitrogens with one attached hydrogen (secondary N) is 3. The second kappa shape index (κ2) is 8.74. The molecule has 0 aromatic heterocycles. The molecule has 0 radical (unpaired) electrons. The van der Waals surface area contributed by atoms with Crippen LogP contribution in [-0.4, -0.2) is 38.1 Å². The fraction of sp³-hybridized carbons (Fsp3) is 0.579. The van der Waals surface area contributed by atoms with E-state index in [-0.39, 0.29) is 18.5 Å². The standard InChI is InChI=1S/C19H28N4O2/c24-18(20-13-15-9-10-15)14-21-19(25)22-16-7-3-4-8-17(16)23-11-5-1-2-6-12-23/h3-4,7-8,15H,1-2,5-6,9-14H2,(H,20,24)(H2,21,22,25). The van der Waals surface area contributed by atoms with E-state index in [1.54, 1.807) is 0 Å². The van der Waals surface area contributed by atoms with Gasteiger partial charge in [-0.3, -0.25) is 4.79 Å². The number of nitrogens with zero attached hydrogens (tertiary/aromatic N) is 1. The van der Waals surface area contributed by atoms with Crippen LogP contribution >= 0.6 is 0 Å². The van der Waals surface area contributed by atoms with Crippen molar-refractivity contribution in [3.8, 4) is 0 Å². The molecule has 1 aliphatic heterocycles. The first kappa shape index (κ1) is 17.6. The van der Waals surface area contributed by atoms with E-state index in [0.717, 1.165) is 31.0 Å². The topological polar surface area (TPSA) is 73.5 Å². The van der Waals surface area contributed by atoms with Crippen LogP contribution in [0, 0.1) is 5.92 Å². The number of carbonyl (C=O) groups excluding carboxylic acids is 2. The van der Waals surface area contributed by atoms with Crippen molar-refractivity contribution in [1.29, 1.82) is 0 Å². The lowest BCUT2D eigenvalue weighted by Crippen LogP contribution is -2.39. The molecule has 1 saturated heterocycles. The third kappa shape index (κ3) is 5.66. The molecular formula is C19H28N4O2. The summed E-state index contributed by atoms with van der Waals surface area (Å²) in [6.45, 7) is 2.76. The molecule has 3 N–H and O–H groups in total. The van der Waals surface area contributed by atoms with E-state index in [1.807, 2.05) is 24.3 Å². The maximum Gasteiger partial charge on any atom is 0.319 e. The SMILES string of the molecule is O=C(CNC(=O)Nc1ccccc1N1CCCCCC1)NCC1CC1. The second-order valence-electron chi connectivity index (χ2n) is 6.97. The van der Waals surface area contributed by atoms with Crippen LogP contribution in [0.15, 0.2) is 24.3 Å². The molecule has 3 rings (SSSR count). The summed E-state index contributed by atoms with van der Waals surface area (Å²) in [5, 5.41) is 8.37. The number of hydrogen-bond acceptors (Lipinski definition) is 3. The van der Waals surface area contributed by atoms with Gasteiger partial charge in [-0.15, -0.1) is 0 Å². The van der Waals surface area contributed by atoms with Crippen molar-refractivity contribution in [2.45, 2.75) is 38.5 Å². The molecule has 0 spiro atoms. The van der Waals surface area contributed by atoms with Gasteiger partial charge in [0.1, 0.15) is 0 Å². The molecule has 0 unspecified atom stereocenters. The Bertz CT molecular complexity index is 593. The fourth-order valence-corrected chi connectivity index (χ4v) is 3.14. The monoisotopic (exact) mass is 344 g/mol. The van der Waals surface area contributed by atoms with Gasteiger partial charge in [0.25, 0.3) is 0 Å². The molecule has 2 fully saturated rings. The number of benzene rings is 1. The largest absolute Gasteiger partial charge is 0.370 e. The summed E-state index contributed by atoms with van der Waals surface area (Å²) in [6.07, 6.45) is 7.29. The van der Waals surface area contributed by atoms with Gasteiger partial charge in [0.05, 0.1) is 17.9 Å². The predicted octanol–water partition coefficient (Wildman–Crippen LogP) is 2.71. The maximum atomic E-state index is 12.1. The van der Waals surface area contributed by atoms with Crippen LogP contribution in [0.2, 0.25) is 0 Å². The Balaban J connectivity index is 1.50. The maximum absolute atomic E-state index is 12.1. The lowest BCUT2D eigenvalue weighted by atomic mass is 10.2. The Labute approximate surface area is 149 Å². The molecule has 6 nitrogen and oxygen atoms in total. The van der Waals surface area contributed by atoms with Crippen LogP contribution in [0.25, 0.3) is 0 Å². The highest BCUT2D eigenvalue weighted by molar-refractivity contribution is 5.95. The van der Waals surface area contributed by atoms with E-state index < -0.39 is 0 Å². The van der Waals surface area contributed by atoms with Gasteiger partial charge in [0.2, 0.25) is 5.91 Å². The summed E-state index contributed by atoms with van der Waals surface area (Å²) in [5.74, 6) is 0.501. The van der Waals surface area contributed by atoms with Crippen LogP contribution in [0.4, 0.5) is 16.2 Å². The molecule has 2 aliphatic rings. The molecule has 6 heteroatoms. The molecule has 1 aromatic rings. The number of anilines is 2. The summed E-state index contributed by atoms with van der Waals surface area (Å²) >= 11 is 0. The molecule has 1 heterocycles. The Morgan fingerprint density at radius 1 is 1.00 bits per heavy atom. The van der Waals surface area contributed by atoms with Gasteiger partial charge in [0.15, 0.2) is 0 Å². The second-order valence-corrected chi connectivity index (χ2v) is 6.97. The zero-order chi connectivity index (χ0) is 17.5. The van der Waals surface area contributed by atoms with E-state index >= 15 is 0 Å². The van der Waals surface area contributed by atoms with Gasteiger partial charge in [-0.1, -0.05) is 25.0 Å². The number of hydrogen-bond donors (Lipinski definition) is 3. The zero-order valence-corrected chi connectivity index (χ0v) is 14.7. The van der Waals surface area contributed by atoms with Crippen LogP contribution in [0.3, 0.4) is 0 Å². The summed E-state index contributed by atoms with van der Waals surface area (Å²) in [4.78, 5) is 26.2. The van der Waals surface area contributed by atoms with Crippen molar-refractivity contribution >= 4 is 23.3 Å². The van der Waals surface area contributed by atoms with Gasteiger partial charge in [-0.05, 0) is 43.7 Å². The number of amides is 3. The fourth-order valence-electron chi connectivity index (χ4n) is 3.14. The van der Waals surface area contributed by atoms with Gasteiger partial charge in [-0.25, -0.2) is 4.79 Å². The summed E-state index contributed by atoms with van der Waals surface area (Å²) in [7, 11) is 0. The minimum atomic E-state index is -0.344. The quantitative estimate of drug-likeness (QED) is 0.743. The molecule has 25 heavy (non-hydrogen) atoms. The molecular weight excluding hydrogens is 316 g/mol. The Morgan fingerprint density at radius 3 is 2.44 bits per heavy atom. The van der Waals surface area contributed by atoms with Crippen molar-refractivity contribution in [2.75, 3.05) is 36.4 Å². The van der Waals surface area contributed by atoms with Gasteiger partial charge in [0, 0.05) is 19.6 Å². The first-order valence-corrected chi connectivity index (χ1v) is 9.38. The Morgan fingerprint density at radius 2 is 1.72 bits per heavy atom. The highest BCUT2D eigenvalue weighted by Gasteiger charge is 2.21. The molecule has 1 aromatic carbocycles. The lowest BCUT2D eigenvalue weighted by molar-refractivity contribution is -0.120. The normalized spacial score (nSPS) is 17.5. The van der Waals surface area contributed by atoms with Crippen molar-refractivity contribution in [3.63, 3.8) is 0 Å². The van der Waals surface area contributed by atoms with Crippen molar-refractivity contribution < 1.29 is 9.59 Å². The predicted molar refractivity (Wildman–Crippen MR) is 99.9 cm³/mol. The Hall–Kier alpha value is -2.24. The van der Waals surface area contributed by atoms with Crippen LogP contribution in [0.1, 0.15) is 38.5 Å². The molecule has 1 aliphatic carbocycles. The van der Waals surface area contributed by atoms with E-state index in [9.17, 15) is 9.59 Å². The average molecular weight is 344 g/mol. The van der Waals surface area contributed by atoms with Gasteiger partial charge in [-0.2, -0.15) is 0 Å². The molecule has 136 valence electrons. The first-order chi connectivity index (χ1) is 12.2. The molecule has 0 bridgehead atoms. The van der Waals surface area contributed by atoms with Crippen LogP contribution in [-0.2, 0) is 4.79 Å². The smallest absolute Gasteiger partial charge is 0.319 e. The Kier molecular flexibility index (Phi) is 6.14. The zero-order valence-electron chi connectivity index (χ0n) is 14.7. The number of carbonyl (C=O) groups is 2. The minimum Gasteiger partial charge on any atom is -0.370 e. The minimum absolute atomic E-state index is 0.00440. The third-order valence-corrected chi connectivity index (χ3v) is 4.79. The van der Waals surface area contributed by atoms with Crippen molar-refractivity contribution in [3.05, 3.63) is 24.3 Å². The van der Waals surface area contributed by atoms with Crippen molar-refractivity contribution in [2.24, 2.45) is 5.92 Å². The van der Waals surface area contributed by atoms with E-state index in [0.29, 0.717) is 5.92 Å². The number of para-hydroxylation sites is 2.